The quantitative estimate of drug-likeness (QED) is 0.893. The van der Waals surface area contributed by atoms with Crippen molar-refractivity contribution in [3.63, 3.8) is 0 Å². The van der Waals surface area contributed by atoms with Gasteiger partial charge in [-0.3, -0.25) is 9.36 Å². The Kier molecular flexibility index (Phi) is 3.84. The summed E-state index contributed by atoms with van der Waals surface area (Å²) in [6.07, 6.45) is 1.45. The SMILES string of the molecule is CCn1ccc(=O)n(Cc2cccc(C(=O)O)c2)c1=O. The zero-order valence-corrected chi connectivity index (χ0v) is 10.9. The van der Waals surface area contributed by atoms with Gasteiger partial charge in [0.15, 0.2) is 0 Å². The number of carboxylic acid groups (broad SMARTS) is 1. The summed E-state index contributed by atoms with van der Waals surface area (Å²) in [5.74, 6) is -1.04. The number of carboxylic acids is 1. The summed E-state index contributed by atoms with van der Waals surface area (Å²) >= 11 is 0. The molecule has 1 heterocycles. The number of hydrogen-bond donors (Lipinski definition) is 1. The molecule has 0 aliphatic rings. The van der Waals surface area contributed by atoms with E-state index in [9.17, 15) is 14.4 Å². The van der Waals surface area contributed by atoms with Crippen molar-refractivity contribution in [2.45, 2.75) is 20.0 Å². The minimum atomic E-state index is -1.04. The van der Waals surface area contributed by atoms with Crippen LogP contribution in [0.2, 0.25) is 0 Å². The third kappa shape index (κ3) is 2.69. The van der Waals surface area contributed by atoms with Crippen LogP contribution in [0.3, 0.4) is 0 Å². The van der Waals surface area contributed by atoms with Crippen molar-refractivity contribution in [1.82, 2.24) is 9.13 Å². The molecule has 104 valence electrons. The molecular weight excluding hydrogens is 260 g/mol. The topological polar surface area (TPSA) is 81.3 Å². The molecule has 6 heteroatoms. The van der Waals surface area contributed by atoms with Crippen LogP contribution < -0.4 is 11.2 Å². The molecule has 0 aliphatic heterocycles. The van der Waals surface area contributed by atoms with Crippen LogP contribution in [-0.4, -0.2) is 20.2 Å². The Morgan fingerprint density at radius 2 is 2.00 bits per heavy atom. The van der Waals surface area contributed by atoms with E-state index in [2.05, 4.69) is 0 Å². The standard InChI is InChI=1S/C14H14N2O4/c1-2-15-7-6-12(17)16(14(15)20)9-10-4-3-5-11(8-10)13(18)19/h3-8H,2,9H2,1H3,(H,18,19). The molecule has 1 aromatic carbocycles. The van der Waals surface area contributed by atoms with Crippen LogP contribution in [0, 0.1) is 0 Å². The normalized spacial score (nSPS) is 10.4. The van der Waals surface area contributed by atoms with Crippen LogP contribution in [0.15, 0.2) is 46.1 Å². The lowest BCUT2D eigenvalue weighted by molar-refractivity contribution is 0.0696. The van der Waals surface area contributed by atoms with Crippen molar-refractivity contribution >= 4 is 5.97 Å². The van der Waals surface area contributed by atoms with E-state index >= 15 is 0 Å². The summed E-state index contributed by atoms with van der Waals surface area (Å²) < 4.78 is 2.51. The van der Waals surface area contributed by atoms with E-state index in [4.69, 9.17) is 5.11 Å². The van der Waals surface area contributed by atoms with E-state index < -0.39 is 17.2 Å². The molecule has 0 radical (unpaired) electrons. The molecular formula is C14H14N2O4. The van der Waals surface area contributed by atoms with Gasteiger partial charge >= 0.3 is 11.7 Å². The number of carbonyl (C=O) groups is 1. The highest BCUT2D eigenvalue weighted by molar-refractivity contribution is 5.87. The lowest BCUT2D eigenvalue weighted by Crippen LogP contribution is -2.39. The third-order valence-corrected chi connectivity index (χ3v) is 3.00. The van der Waals surface area contributed by atoms with Gasteiger partial charge in [0.05, 0.1) is 12.1 Å². The van der Waals surface area contributed by atoms with Crippen LogP contribution in [0.5, 0.6) is 0 Å². The van der Waals surface area contributed by atoms with Gasteiger partial charge < -0.3 is 9.67 Å². The molecule has 2 rings (SSSR count). The fourth-order valence-corrected chi connectivity index (χ4v) is 1.93. The monoisotopic (exact) mass is 274 g/mol. The average Bonchev–Trinajstić information content (AvgIpc) is 2.44. The second-order valence-electron chi connectivity index (χ2n) is 4.31. The molecule has 0 aliphatic carbocycles. The fourth-order valence-electron chi connectivity index (χ4n) is 1.93. The second-order valence-corrected chi connectivity index (χ2v) is 4.31. The predicted molar refractivity (Wildman–Crippen MR) is 73.1 cm³/mol. The smallest absolute Gasteiger partial charge is 0.335 e. The van der Waals surface area contributed by atoms with Crippen molar-refractivity contribution in [3.05, 3.63) is 68.5 Å². The summed E-state index contributed by atoms with van der Waals surface area (Å²) in [5.41, 5.74) is -0.0820. The van der Waals surface area contributed by atoms with Crippen molar-refractivity contribution in [2.75, 3.05) is 0 Å². The van der Waals surface area contributed by atoms with Crippen LogP contribution in [0.25, 0.3) is 0 Å². The van der Waals surface area contributed by atoms with Crippen LogP contribution in [0.1, 0.15) is 22.8 Å². The van der Waals surface area contributed by atoms with Gasteiger partial charge in [-0.15, -0.1) is 0 Å². The molecule has 2 aromatic rings. The van der Waals surface area contributed by atoms with Crippen molar-refractivity contribution in [2.24, 2.45) is 0 Å². The minimum absolute atomic E-state index is 0.0552. The van der Waals surface area contributed by atoms with Crippen LogP contribution in [0.4, 0.5) is 0 Å². The van der Waals surface area contributed by atoms with Gasteiger partial charge in [0, 0.05) is 18.8 Å². The van der Waals surface area contributed by atoms with Gasteiger partial charge in [0.25, 0.3) is 5.56 Å². The number of rotatable bonds is 4. The lowest BCUT2D eigenvalue weighted by Gasteiger charge is -2.08. The number of benzene rings is 1. The summed E-state index contributed by atoms with van der Waals surface area (Å²) in [5, 5.41) is 8.93. The van der Waals surface area contributed by atoms with E-state index in [0.717, 1.165) is 4.57 Å². The zero-order chi connectivity index (χ0) is 14.7. The molecule has 6 nitrogen and oxygen atoms in total. The van der Waals surface area contributed by atoms with E-state index in [1.165, 1.54) is 29.0 Å². The van der Waals surface area contributed by atoms with Gasteiger partial charge in [0.1, 0.15) is 0 Å². The molecule has 20 heavy (non-hydrogen) atoms. The Balaban J connectivity index is 2.45. The van der Waals surface area contributed by atoms with Gasteiger partial charge in [-0.2, -0.15) is 0 Å². The first-order valence-electron chi connectivity index (χ1n) is 6.15. The molecule has 0 bridgehead atoms. The number of aromatic nitrogens is 2. The van der Waals surface area contributed by atoms with Crippen molar-refractivity contribution in [3.8, 4) is 0 Å². The van der Waals surface area contributed by atoms with E-state index in [-0.39, 0.29) is 12.1 Å². The second kappa shape index (κ2) is 5.56. The largest absolute Gasteiger partial charge is 0.478 e. The molecule has 0 amide bonds. The van der Waals surface area contributed by atoms with Crippen LogP contribution in [-0.2, 0) is 13.1 Å². The van der Waals surface area contributed by atoms with E-state index in [1.54, 1.807) is 19.1 Å². The highest BCUT2D eigenvalue weighted by Gasteiger charge is 2.07. The molecule has 0 spiro atoms. The van der Waals surface area contributed by atoms with Gasteiger partial charge in [-0.25, -0.2) is 9.59 Å². The first-order valence-corrected chi connectivity index (χ1v) is 6.15. The summed E-state index contributed by atoms with van der Waals surface area (Å²) in [6, 6.07) is 7.51. The van der Waals surface area contributed by atoms with E-state index in [0.29, 0.717) is 12.1 Å². The Morgan fingerprint density at radius 1 is 1.25 bits per heavy atom. The van der Waals surface area contributed by atoms with Gasteiger partial charge in [-0.1, -0.05) is 12.1 Å². The highest BCUT2D eigenvalue weighted by atomic mass is 16.4. The predicted octanol–water partition coefficient (Wildman–Crippen LogP) is 0.776. The molecule has 0 saturated carbocycles. The maximum Gasteiger partial charge on any atom is 0.335 e. The van der Waals surface area contributed by atoms with Crippen molar-refractivity contribution in [1.29, 1.82) is 0 Å². The number of aryl methyl sites for hydroxylation is 1. The maximum absolute atomic E-state index is 12.1. The molecule has 0 atom stereocenters. The number of hydrogen-bond acceptors (Lipinski definition) is 3. The van der Waals surface area contributed by atoms with Crippen LogP contribution >= 0.6 is 0 Å². The van der Waals surface area contributed by atoms with Gasteiger partial charge in [0.2, 0.25) is 0 Å². The number of nitrogens with zero attached hydrogens (tertiary/aromatic N) is 2. The Labute approximate surface area is 114 Å². The van der Waals surface area contributed by atoms with Crippen molar-refractivity contribution < 1.29 is 9.90 Å². The Bertz CT molecular complexity index is 758. The third-order valence-electron chi connectivity index (χ3n) is 3.00. The first-order chi connectivity index (χ1) is 9.52. The number of aromatic carboxylic acids is 1. The lowest BCUT2D eigenvalue weighted by atomic mass is 10.1. The molecule has 1 N–H and O–H groups in total. The molecule has 0 saturated heterocycles. The zero-order valence-electron chi connectivity index (χ0n) is 10.9. The average molecular weight is 274 g/mol. The first kappa shape index (κ1) is 13.8. The summed E-state index contributed by atoms with van der Waals surface area (Å²) in [4.78, 5) is 34.7. The highest BCUT2D eigenvalue weighted by Crippen LogP contribution is 2.05. The Hall–Kier alpha value is -2.63. The maximum atomic E-state index is 12.1. The van der Waals surface area contributed by atoms with E-state index in [1.807, 2.05) is 0 Å². The molecule has 0 fully saturated rings. The summed E-state index contributed by atoms with van der Waals surface area (Å²) in [7, 11) is 0. The Morgan fingerprint density at radius 3 is 2.65 bits per heavy atom. The summed E-state index contributed by atoms with van der Waals surface area (Å²) in [6.45, 7) is 2.33. The fraction of sp³-hybridized carbons (Fsp3) is 0.214. The molecule has 0 unspecified atom stereocenters. The molecule has 1 aromatic heterocycles. The minimum Gasteiger partial charge on any atom is -0.478 e. The van der Waals surface area contributed by atoms with Gasteiger partial charge in [-0.05, 0) is 24.6 Å².